The van der Waals surface area contributed by atoms with Crippen LogP contribution in [0.5, 0.6) is 0 Å². The van der Waals surface area contributed by atoms with Crippen LogP contribution in [0.4, 0.5) is 0 Å². The van der Waals surface area contributed by atoms with Crippen LogP contribution in [0.1, 0.15) is 17.4 Å². The summed E-state index contributed by atoms with van der Waals surface area (Å²) in [7, 11) is -8.06. The van der Waals surface area contributed by atoms with E-state index in [2.05, 4.69) is 0 Å². The number of nitrogens with zero attached hydrogens (tertiary/aromatic N) is 2. The van der Waals surface area contributed by atoms with E-state index >= 15 is 0 Å². The van der Waals surface area contributed by atoms with Crippen LogP contribution < -0.4 is 0 Å². The molecule has 0 aliphatic heterocycles. The molecule has 218 valence electrons. The highest BCUT2D eigenvalue weighted by atomic mass is 32.2. The van der Waals surface area contributed by atoms with Gasteiger partial charge in [0.1, 0.15) is 6.10 Å². The predicted molar refractivity (Wildman–Crippen MR) is 171 cm³/mol. The first-order valence-corrected chi connectivity index (χ1v) is 16.8. The first kappa shape index (κ1) is 27.8. The topological polar surface area (TPSA) is 98.4 Å². The van der Waals surface area contributed by atoms with Crippen LogP contribution in [0, 0.1) is 0 Å². The molecule has 44 heavy (non-hydrogen) atoms. The molecule has 0 spiro atoms. The van der Waals surface area contributed by atoms with Crippen molar-refractivity contribution in [3.05, 3.63) is 157 Å². The zero-order valence-corrected chi connectivity index (χ0v) is 24.9. The Morgan fingerprint density at radius 2 is 1.00 bits per heavy atom. The maximum absolute atomic E-state index is 14.0. The van der Waals surface area contributed by atoms with Crippen molar-refractivity contribution in [3.63, 3.8) is 0 Å². The van der Waals surface area contributed by atoms with E-state index in [0.29, 0.717) is 33.2 Å². The van der Waals surface area contributed by atoms with Crippen LogP contribution in [-0.2, 0) is 20.0 Å². The van der Waals surface area contributed by atoms with E-state index < -0.39 is 26.2 Å². The molecule has 0 aliphatic carbocycles. The van der Waals surface area contributed by atoms with Crippen molar-refractivity contribution in [2.45, 2.75) is 15.9 Å². The van der Waals surface area contributed by atoms with E-state index in [1.165, 1.54) is 20.1 Å². The fraction of sp³-hybridized carbons (Fsp3) is 0.0286. The fourth-order valence-corrected chi connectivity index (χ4v) is 8.76. The summed E-state index contributed by atoms with van der Waals surface area (Å²) in [4.78, 5) is 0.244. The lowest BCUT2D eigenvalue weighted by Crippen LogP contribution is -2.18. The summed E-state index contributed by atoms with van der Waals surface area (Å²) in [5.74, 6) is 0. The lowest BCUT2D eigenvalue weighted by atomic mass is 10.0. The summed E-state index contributed by atoms with van der Waals surface area (Å²) < 4.78 is 58.3. The lowest BCUT2D eigenvalue weighted by molar-refractivity contribution is 0.214. The minimum absolute atomic E-state index is 0.0965. The van der Waals surface area contributed by atoms with Gasteiger partial charge >= 0.3 is 0 Å². The zero-order chi connectivity index (χ0) is 30.5. The van der Waals surface area contributed by atoms with Crippen LogP contribution in [0.3, 0.4) is 0 Å². The highest BCUT2D eigenvalue weighted by Crippen LogP contribution is 2.36. The summed E-state index contributed by atoms with van der Waals surface area (Å²) in [6, 6.07) is 41.0. The molecule has 0 saturated heterocycles. The Labute approximate surface area is 255 Å². The van der Waals surface area contributed by atoms with E-state index in [0.717, 1.165) is 5.39 Å². The van der Waals surface area contributed by atoms with Gasteiger partial charge in [-0.2, -0.15) is 0 Å². The summed E-state index contributed by atoms with van der Waals surface area (Å²) in [6.45, 7) is 0. The predicted octanol–water partition coefficient (Wildman–Crippen LogP) is 6.82. The Hall–Kier alpha value is -4.96. The molecule has 2 heterocycles. The molecule has 7 rings (SSSR count). The summed E-state index contributed by atoms with van der Waals surface area (Å²) >= 11 is 0. The Bertz CT molecular complexity index is 2380. The number of rotatable bonds is 7. The molecule has 2 aromatic heterocycles. The number of hydrogen-bond donors (Lipinski definition) is 1. The van der Waals surface area contributed by atoms with Gasteiger partial charge in [-0.1, -0.05) is 91.0 Å². The number of aliphatic hydroxyl groups excluding tert-OH is 1. The average molecular weight is 619 g/mol. The Kier molecular flexibility index (Phi) is 6.73. The molecule has 5 aromatic carbocycles. The van der Waals surface area contributed by atoms with Crippen LogP contribution >= 0.6 is 0 Å². The molecule has 1 N–H and O–H groups in total. The summed E-state index contributed by atoms with van der Waals surface area (Å²) in [6.07, 6.45) is -1.34. The van der Waals surface area contributed by atoms with Crippen molar-refractivity contribution < 1.29 is 21.9 Å². The van der Waals surface area contributed by atoms with Crippen LogP contribution in [-0.4, -0.2) is 29.9 Å². The number of hydrogen-bond acceptors (Lipinski definition) is 5. The molecule has 0 amide bonds. The maximum atomic E-state index is 14.0. The largest absolute Gasteiger partial charge is 0.382 e. The summed E-state index contributed by atoms with van der Waals surface area (Å²) in [5, 5.41) is 13.2. The molecule has 1 unspecified atom stereocenters. The quantitative estimate of drug-likeness (QED) is 0.211. The third-order valence-electron chi connectivity index (χ3n) is 7.70. The van der Waals surface area contributed by atoms with Gasteiger partial charge in [0.05, 0.1) is 32.2 Å². The minimum Gasteiger partial charge on any atom is -0.382 e. The third kappa shape index (κ3) is 4.53. The molecular weight excluding hydrogens is 593 g/mol. The summed E-state index contributed by atoms with van der Waals surface area (Å²) in [5.41, 5.74) is 2.50. The van der Waals surface area contributed by atoms with Crippen molar-refractivity contribution >= 4 is 41.9 Å². The van der Waals surface area contributed by atoms with Gasteiger partial charge in [-0.15, -0.1) is 0 Å². The Balaban J connectivity index is 1.40. The van der Waals surface area contributed by atoms with Crippen molar-refractivity contribution in [2.75, 3.05) is 0 Å². The van der Waals surface area contributed by atoms with Crippen LogP contribution in [0.25, 0.3) is 33.1 Å². The van der Waals surface area contributed by atoms with Gasteiger partial charge in [0, 0.05) is 10.8 Å². The second kappa shape index (κ2) is 10.6. The molecule has 7 aromatic rings. The molecule has 0 radical (unpaired) electrons. The molecule has 1 atom stereocenters. The zero-order valence-electron chi connectivity index (χ0n) is 23.2. The molecule has 0 bridgehead atoms. The number of aliphatic hydroxyl groups is 1. The highest BCUT2D eigenvalue weighted by Gasteiger charge is 2.28. The van der Waals surface area contributed by atoms with Crippen molar-refractivity contribution in [3.8, 4) is 11.3 Å². The van der Waals surface area contributed by atoms with E-state index in [1.54, 1.807) is 115 Å². The molecule has 0 aliphatic rings. The maximum Gasteiger partial charge on any atom is 0.268 e. The van der Waals surface area contributed by atoms with Gasteiger partial charge in [-0.3, -0.25) is 0 Å². The molecule has 7 nitrogen and oxygen atoms in total. The van der Waals surface area contributed by atoms with E-state index in [9.17, 15) is 21.9 Å². The molecule has 0 fully saturated rings. The first-order valence-electron chi connectivity index (χ1n) is 13.9. The van der Waals surface area contributed by atoms with Crippen molar-refractivity contribution in [1.29, 1.82) is 0 Å². The van der Waals surface area contributed by atoms with Crippen LogP contribution in [0.2, 0.25) is 0 Å². The van der Waals surface area contributed by atoms with Gasteiger partial charge in [0.2, 0.25) is 0 Å². The second-order valence-electron chi connectivity index (χ2n) is 10.4. The Morgan fingerprint density at radius 3 is 1.61 bits per heavy atom. The van der Waals surface area contributed by atoms with Gasteiger partial charge < -0.3 is 5.11 Å². The highest BCUT2D eigenvalue weighted by molar-refractivity contribution is 7.90. The standard InChI is InChI=1S/C35H26N2O5S2/c38-35(34-24-27-13-8-10-21-32(27)37(34)44(41,42)30-18-5-2-6-19-30)28-15-11-14-25(22-28)33-23-26-12-7-9-20-31(26)36(33)43(39,40)29-16-3-1-4-17-29/h1-24,35,38H. The van der Waals surface area contributed by atoms with Gasteiger partial charge in [0.15, 0.2) is 0 Å². The average Bonchev–Trinajstić information content (AvgIpc) is 3.66. The van der Waals surface area contributed by atoms with E-state index in [-0.39, 0.29) is 15.5 Å². The fourth-order valence-electron chi connectivity index (χ4n) is 5.63. The van der Waals surface area contributed by atoms with Crippen molar-refractivity contribution in [2.24, 2.45) is 0 Å². The monoisotopic (exact) mass is 618 g/mol. The van der Waals surface area contributed by atoms with E-state index in [1.807, 2.05) is 18.2 Å². The molecular formula is C35H26N2O5S2. The van der Waals surface area contributed by atoms with Crippen LogP contribution in [0.15, 0.2) is 155 Å². The normalized spacial score (nSPS) is 12.9. The molecule has 9 heteroatoms. The number of aromatic nitrogens is 2. The minimum atomic E-state index is -4.07. The third-order valence-corrected chi connectivity index (χ3v) is 11.2. The smallest absolute Gasteiger partial charge is 0.268 e. The lowest BCUT2D eigenvalue weighted by Gasteiger charge is -2.18. The van der Waals surface area contributed by atoms with E-state index in [4.69, 9.17) is 0 Å². The second-order valence-corrected chi connectivity index (χ2v) is 14.0. The number of fused-ring (bicyclic) bond motifs is 2. The van der Waals surface area contributed by atoms with Gasteiger partial charge in [-0.25, -0.2) is 24.8 Å². The first-order chi connectivity index (χ1) is 21.3. The molecule has 0 saturated carbocycles. The SMILES string of the molecule is O=S(=O)(c1ccccc1)n1c(-c2cccc(C(O)c3cc4ccccc4n3S(=O)(=O)c3ccccc3)c2)cc2ccccc21. The van der Waals surface area contributed by atoms with Gasteiger partial charge in [-0.05, 0) is 65.7 Å². The number of benzene rings is 5. The Morgan fingerprint density at radius 1 is 0.500 bits per heavy atom. The number of para-hydroxylation sites is 2. The van der Waals surface area contributed by atoms with Crippen molar-refractivity contribution in [1.82, 2.24) is 7.94 Å². The van der Waals surface area contributed by atoms with Gasteiger partial charge in [0.25, 0.3) is 20.0 Å².